The first-order valence-electron chi connectivity index (χ1n) is 5.92. The molecule has 0 aliphatic carbocycles. The summed E-state index contributed by atoms with van der Waals surface area (Å²) in [4.78, 5) is 6.24. The summed E-state index contributed by atoms with van der Waals surface area (Å²) >= 11 is 0. The first-order valence-corrected chi connectivity index (χ1v) is 5.92. The Morgan fingerprint density at radius 3 is 2.94 bits per heavy atom. The average molecular weight is 235 g/mol. The Morgan fingerprint density at radius 2 is 2.29 bits per heavy atom. The maximum atomic E-state index is 13.3. The maximum absolute atomic E-state index is 13.3. The van der Waals surface area contributed by atoms with Crippen LogP contribution in [0.1, 0.15) is 26.7 Å². The van der Waals surface area contributed by atoms with Gasteiger partial charge in [-0.05, 0) is 31.5 Å². The highest BCUT2D eigenvalue weighted by atomic mass is 19.1. The molecule has 0 saturated heterocycles. The molecule has 0 radical (unpaired) electrons. The molecule has 0 aromatic heterocycles. The zero-order chi connectivity index (χ0) is 12.5. The van der Waals surface area contributed by atoms with Crippen molar-refractivity contribution in [2.24, 2.45) is 10.7 Å². The van der Waals surface area contributed by atoms with Crippen LogP contribution in [-0.4, -0.2) is 18.0 Å². The van der Waals surface area contributed by atoms with Gasteiger partial charge in [0.1, 0.15) is 5.82 Å². The highest BCUT2D eigenvalue weighted by molar-refractivity contribution is 5.98. The van der Waals surface area contributed by atoms with Gasteiger partial charge < -0.3 is 10.6 Å². The fourth-order valence-corrected chi connectivity index (χ4v) is 2.46. The summed E-state index contributed by atoms with van der Waals surface area (Å²) in [6.45, 7) is 4.91. The van der Waals surface area contributed by atoms with E-state index in [1.165, 1.54) is 12.1 Å². The zero-order valence-electron chi connectivity index (χ0n) is 10.3. The van der Waals surface area contributed by atoms with Crippen LogP contribution in [-0.2, 0) is 0 Å². The minimum Gasteiger partial charge on any atom is -0.369 e. The lowest BCUT2D eigenvalue weighted by Gasteiger charge is -2.36. The molecule has 0 fully saturated rings. The molecule has 0 spiro atoms. The van der Waals surface area contributed by atoms with Crippen LogP contribution in [0.2, 0.25) is 0 Å². The molecule has 2 rings (SSSR count). The van der Waals surface area contributed by atoms with E-state index in [0.717, 1.165) is 18.5 Å². The van der Waals surface area contributed by atoms with Crippen molar-refractivity contribution in [3.8, 4) is 0 Å². The van der Waals surface area contributed by atoms with Crippen LogP contribution in [0.4, 0.5) is 10.1 Å². The molecule has 92 valence electrons. The van der Waals surface area contributed by atoms with Crippen molar-refractivity contribution in [2.45, 2.75) is 32.2 Å². The first-order chi connectivity index (χ1) is 8.07. The summed E-state index contributed by atoms with van der Waals surface area (Å²) in [6.07, 6.45) is 2.03. The average Bonchev–Trinajstić information content (AvgIpc) is 2.55. The van der Waals surface area contributed by atoms with Gasteiger partial charge in [-0.15, -0.1) is 0 Å². The lowest BCUT2D eigenvalue weighted by Crippen LogP contribution is -2.49. The summed E-state index contributed by atoms with van der Waals surface area (Å²) in [5.41, 5.74) is 6.57. The van der Waals surface area contributed by atoms with Gasteiger partial charge in [0, 0.05) is 5.69 Å². The molecule has 1 atom stereocenters. The summed E-state index contributed by atoms with van der Waals surface area (Å²) in [7, 11) is 0. The lowest BCUT2D eigenvalue weighted by atomic mass is 9.94. The monoisotopic (exact) mass is 235 g/mol. The number of halogens is 1. The van der Waals surface area contributed by atoms with Gasteiger partial charge in [0.15, 0.2) is 5.96 Å². The summed E-state index contributed by atoms with van der Waals surface area (Å²) in [6, 6.07) is 6.50. The molecule has 2 N–H and O–H groups in total. The topological polar surface area (TPSA) is 41.6 Å². The van der Waals surface area contributed by atoms with Crippen molar-refractivity contribution in [1.82, 2.24) is 0 Å². The molecule has 3 nitrogen and oxygen atoms in total. The molecule has 0 saturated carbocycles. The van der Waals surface area contributed by atoms with Crippen LogP contribution in [0.5, 0.6) is 0 Å². The van der Waals surface area contributed by atoms with Crippen LogP contribution < -0.4 is 10.6 Å². The van der Waals surface area contributed by atoms with Gasteiger partial charge in [-0.1, -0.05) is 19.4 Å². The minimum atomic E-state index is -0.249. The van der Waals surface area contributed by atoms with Crippen molar-refractivity contribution >= 4 is 11.6 Å². The Morgan fingerprint density at radius 1 is 1.53 bits per heavy atom. The van der Waals surface area contributed by atoms with Crippen molar-refractivity contribution in [3.63, 3.8) is 0 Å². The third-order valence-corrected chi connectivity index (χ3v) is 3.21. The van der Waals surface area contributed by atoms with Gasteiger partial charge in [-0.3, -0.25) is 4.99 Å². The zero-order valence-corrected chi connectivity index (χ0v) is 10.3. The smallest absolute Gasteiger partial charge is 0.196 e. The third-order valence-electron chi connectivity index (χ3n) is 3.21. The van der Waals surface area contributed by atoms with Crippen LogP contribution in [0.25, 0.3) is 0 Å². The van der Waals surface area contributed by atoms with Crippen LogP contribution >= 0.6 is 0 Å². The van der Waals surface area contributed by atoms with E-state index in [1.54, 1.807) is 6.07 Å². The second-order valence-corrected chi connectivity index (χ2v) is 4.74. The Labute approximate surface area is 101 Å². The number of nitrogens with two attached hydrogens (primary N) is 1. The molecule has 1 heterocycles. The van der Waals surface area contributed by atoms with Gasteiger partial charge in [0.05, 0.1) is 12.1 Å². The van der Waals surface area contributed by atoms with E-state index >= 15 is 0 Å². The number of rotatable bonds is 3. The van der Waals surface area contributed by atoms with E-state index in [0.29, 0.717) is 12.5 Å². The van der Waals surface area contributed by atoms with Gasteiger partial charge >= 0.3 is 0 Å². The van der Waals surface area contributed by atoms with E-state index in [9.17, 15) is 4.39 Å². The fourth-order valence-electron chi connectivity index (χ4n) is 2.46. The number of anilines is 1. The standard InChI is InChI=1S/C13H18FN3/c1-3-7-13(2)9-16-12(15)17(13)11-6-4-5-10(14)8-11/h4-6,8H,3,7,9H2,1-2H3,(H2,15,16). The van der Waals surface area contributed by atoms with E-state index in [1.807, 2.05) is 11.0 Å². The molecular formula is C13H18FN3. The molecule has 0 bridgehead atoms. The fraction of sp³-hybridized carbons (Fsp3) is 0.462. The number of aliphatic imine (C=N–C) groups is 1. The van der Waals surface area contributed by atoms with Crippen molar-refractivity contribution in [1.29, 1.82) is 0 Å². The first kappa shape index (κ1) is 11.9. The van der Waals surface area contributed by atoms with Crippen molar-refractivity contribution in [3.05, 3.63) is 30.1 Å². The van der Waals surface area contributed by atoms with E-state index in [-0.39, 0.29) is 11.4 Å². The largest absolute Gasteiger partial charge is 0.369 e. The van der Waals surface area contributed by atoms with Gasteiger partial charge in [0.2, 0.25) is 0 Å². The van der Waals surface area contributed by atoms with Crippen LogP contribution in [0.3, 0.4) is 0 Å². The highest BCUT2D eigenvalue weighted by Gasteiger charge is 2.38. The molecular weight excluding hydrogens is 217 g/mol. The highest BCUT2D eigenvalue weighted by Crippen LogP contribution is 2.32. The van der Waals surface area contributed by atoms with Crippen molar-refractivity contribution in [2.75, 3.05) is 11.4 Å². The molecule has 1 aromatic carbocycles. The van der Waals surface area contributed by atoms with Gasteiger partial charge in [-0.25, -0.2) is 4.39 Å². The minimum absolute atomic E-state index is 0.132. The molecule has 1 aliphatic heterocycles. The number of hydrogen-bond donors (Lipinski definition) is 1. The number of benzene rings is 1. The lowest BCUT2D eigenvalue weighted by molar-refractivity contribution is 0.457. The normalized spacial score (nSPS) is 23.9. The van der Waals surface area contributed by atoms with Gasteiger partial charge in [-0.2, -0.15) is 0 Å². The molecule has 4 heteroatoms. The third kappa shape index (κ3) is 2.12. The predicted molar refractivity (Wildman–Crippen MR) is 68.7 cm³/mol. The summed E-state index contributed by atoms with van der Waals surface area (Å²) in [5, 5.41) is 0. The van der Waals surface area contributed by atoms with E-state index in [2.05, 4.69) is 18.8 Å². The SMILES string of the molecule is CCCC1(C)CN=C(N)N1c1cccc(F)c1. The quantitative estimate of drug-likeness (QED) is 0.874. The number of nitrogens with zero attached hydrogens (tertiary/aromatic N) is 2. The molecule has 0 amide bonds. The Bertz CT molecular complexity index is 444. The molecule has 1 aromatic rings. The number of hydrogen-bond acceptors (Lipinski definition) is 3. The van der Waals surface area contributed by atoms with Crippen LogP contribution in [0.15, 0.2) is 29.3 Å². The van der Waals surface area contributed by atoms with Gasteiger partial charge in [0.25, 0.3) is 0 Å². The number of guanidine groups is 1. The predicted octanol–water partition coefficient (Wildman–Crippen LogP) is 2.52. The van der Waals surface area contributed by atoms with Crippen molar-refractivity contribution < 1.29 is 4.39 Å². The maximum Gasteiger partial charge on any atom is 0.196 e. The van der Waals surface area contributed by atoms with Crippen LogP contribution in [0, 0.1) is 5.82 Å². The summed E-state index contributed by atoms with van der Waals surface area (Å²) < 4.78 is 13.3. The second kappa shape index (κ2) is 4.35. The molecule has 1 aliphatic rings. The Hall–Kier alpha value is -1.58. The summed E-state index contributed by atoms with van der Waals surface area (Å²) in [5.74, 6) is 0.229. The van der Waals surface area contributed by atoms with E-state index in [4.69, 9.17) is 5.73 Å². The Kier molecular flexibility index (Phi) is 3.05. The molecule has 17 heavy (non-hydrogen) atoms. The molecule has 1 unspecified atom stereocenters. The Balaban J connectivity index is 2.37. The van der Waals surface area contributed by atoms with E-state index < -0.39 is 0 Å². The second-order valence-electron chi connectivity index (χ2n) is 4.74.